The minimum atomic E-state index is -0.289. The van der Waals surface area contributed by atoms with Crippen LogP contribution in [0.4, 0.5) is 10.1 Å². The van der Waals surface area contributed by atoms with Crippen molar-refractivity contribution in [3.63, 3.8) is 0 Å². The molecule has 0 bridgehead atoms. The average Bonchev–Trinajstić information content (AvgIpc) is 3.12. The van der Waals surface area contributed by atoms with Crippen molar-refractivity contribution in [1.82, 2.24) is 4.98 Å². The molecule has 0 radical (unpaired) electrons. The molecule has 0 fully saturated rings. The smallest absolute Gasteiger partial charge is 0.341 e. The second-order valence-electron chi connectivity index (χ2n) is 7.58. The molecule has 2 heterocycles. The molecular formula is C20H25N3O2S3. The summed E-state index contributed by atoms with van der Waals surface area (Å²) in [5.41, 5.74) is 2.99. The lowest BCUT2D eigenvalue weighted by molar-refractivity contribution is 0.0601. The number of anilines is 2. The quantitative estimate of drug-likeness (QED) is 0.393. The Kier molecular flexibility index (Phi) is 5.99. The summed E-state index contributed by atoms with van der Waals surface area (Å²) in [6.45, 7) is 2.29. The van der Waals surface area contributed by atoms with Crippen molar-refractivity contribution in [2.45, 2.75) is 58.3 Å². The summed E-state index contributed by atoms with van der Waals surface area (Å²) in [6.07, 6.45) is 8.76. The first-order chi connectivity index (χ1) is 13.5. The van der Waals surface area contributed by atoms with E-state index < -0.39 is 0 Å². The zero-order chi connectivity index (χ0) is 19.7. The number of carbonyl (C=O) groups is 1. The monoisotopic (exact) mass is 435 g/mol. The fourth-order valence-electron chi connectivity index (χ4n) is 3.97. The van der Waals surface area contributed by atoms with Gasteiger partial charge in [0.2, 0.25) is 0 Å². The van der Waals surface area contributed by atoms with Crippen LogP contribution in [-0.2, 0) is 30.4 Å². The van der Waals surface area contributed by atoms with Crippen molar-refractivity contribution < 1.29 is 9.53 Å². The van der Waals surface area contributed by atoms with Gasteiger partial charge in [0.25, 0.3) is 0 Å². The maximum atomic E-state index is 12.5. The molecule has 8 heteroatoms. The highest BCUT2D eigenvalue weighted by Gasteiger charge is 2.26. The first-order valence-electron chi connectivity index (χ1n) is 9.84. The molecule has 0 saturated carbocycles. The highest BCUT2D eigenvalue weighted by molar-refractivity contribution is 7.80. The molecule has 0 spiro atoms. The Balaban J connectivity index is 1.52. The van der Waals surface area contributed by atoms with Gasteiger partial charge >= 0.3 is 5.97 Å². The fraction of sp³-hybridized carbons (Fsp3) is 0.550. The van der Waals surface area contributed by atoms with Crippen LogP contribution in [0.25, 0.3) is 0 Å². The number of fused-ring (bicyclic) bond motifs is 2. The number of nitrogens with one attached hydrogen (secondary N) is 2. The van der Waals surface area contributed by atoms with Crippen molar-refractivity contribution >= 4 is 56.1 Å². The summed E-state index contributed by atoms with van der Waals surface area (Å²) in [4.78, 5) is 19.8. The first-order valence-corrected chi connectivity index (χ1v) is 11.9. The Hall–Kier alpha value is -1.51. The van der Waals surface area contributed by atoms with E-state index in [1.807, 2.05) is 0 Å². The molecule has 28 heavy (non-hydrogen) atoms. The third-order valence-electron chi connectivity index (χ3n) is 5.44. The topological polar surface area (TPSA) is 63.2 Å². The predicted octanol–water partition coefficient (Wildman–Crippen LogP) is 5.19. The minimum Gasteiger partial charge on any atom is -0.465 e. The summed E-state index contributed by atoms with van der Waals surface area (Å²) < 4.78 is 5.06. The highest BCUT2D eigenvalue weighted by Crippen LogP contribution is 2.38. The molecule has 2 aliphatic carbocycles. The molecule has 2 aromatic heterocycles. The van der Waals surface area contributed by atoms with Gasteiger partial charge in [-0.3, -0.25) is 0 Å². The highest BCUT2D eigenvalue weighted by atomic mass is 32.1. The van der Waals surface area contributed by atoms with Crippen LogP contribution in [0.5, 0.6) is 0 Å². The van der Waals surface area contributed by atoms with Crippen LogP contribution >= 0.6 is 34.9 Å². The number of thiophene rings is 1. The molecule has 1 atom stereocenters. The lowest BCUT2D eigenvalue weighted by atomic mass is 9.93. The van der Waals surface area contributed by atoms with Gasteiger partial charge in [-0.05, 0) is 68.6 Å². The Morgan fingerprint density at radius 1 is 1.14 bits per heavy atom. The first kappa shape index (κ1) is 19.8. The van der Waals surface area contributed by atoms with E-state index in [1.54, 1.807) is 22.7 Å². The number of methoxy groups -OCH3 is 1. The van der Waals surface area contributed by atoms with E-state index >= 15 is 0 Å². The van der Waals surface area contributed by atoms with E-state index in [9.17, 15) is 4.79 Å². The summed E-state index contributed by atoms with van der Waals surface area (Å²) >= 11 is 8.84. The van der Waals surface area contributed by atoms with Gasteiger partial charge in [0.05, 0.1) is 18.4 Å². The van der Waals surface area contributed by atoms with E-state index in [4.69, 9.17) is 21.9 Å². The van der Waals surface area contributed by atoms with Crippen LogP contribution in [0.2, 0.25) is 0 Å². The third kappa shape index (κ3) is 4.09. The summed E-state index contributed by atoms with van der Waals surface area (Å²) in [5, 5.41) is 8.55. The van der Waals surface area contributed by atoms with Crippen molar-refractivity contribution in [3.05, 3.63) is 26.6 Å². The number of esters is 1. The van der Waals surface area contributed by atoms with Gasteiger partial charge in [0.1, 0.15) is 5.00 Å². The predicted molar refractivity (Wildman–Crippen MR) is 120 cm³/mol. The Morgan fingerprint density at radius 2 is 1.96 bits per heavy atom. The van der Waals surface area contributed by atoms with E-state index in [0.717, 1.165) is 53.7 Å². The maximum absolute atomic E-state index is 12.5. The van der Waals surface area contributed by atoms with Gasteiger partial charge in [-0.15, -0.1) is 22.7 Å². The Morgan fingerprint density at radius 3 is 2.79 bits per heavy atom. The zero-order valence-corrected chi connectivity index (χ0v) is 18.7. The molecule has 0 aromatic carbocycles. The lowest BCUT2D eigenvalue weighted by Crippen LogP contribution is -2.20. The van der Waals surface area contributed by atoms with E-state index in [-0.39, 0.29) is 5.97 Å². The number of hydrogen-bond acceptors (Lipinski definition) is 6. The maximum Gasteiger partial charge on any atom is 0.341 e. The van der Waals surface area contributed by atoms with Gasteiger partial charge in [-0.25, -0.2) is 9.78 Å². The Labute approximate surface area is 178 Å². The number of rotatable bonds is 3. The van der Waals surface area contributed by atoms with E-state index in [2.05, 4.69) is 17.6 Å². The summed E-state index contributed by atoms with van der Waals surface area (Å²) in [5.74, 6) is 0.429. The molecule has 4 rings (SSSR count). The molecule has 0 aliphatic heterocycles. The third-order valence-corrected chi connectivity index (χ3v) is 7.89. The number of aryl methyl sites for hydroxylation is 2. The second kappa shape index (κ2) is 8.47. The van der Waals surface area contributed by atoms with Crippen LogP contribution in [0.3, 0.4) is 0 Å². The SMILES string of the molecule is COC(=O)c1c(NC(=S)Nc2nc3c(s2)CC(C)CC3)sc2c1CCCCC2. The molecular weight excluding hydrogens is 410 g/mol. The number of thiocarbonyl (C=S) groups is 1. The number of nitrogens with zero attached hydrogens (tertiary/aromatic N) is 1. The largest absolute Gasteiger partial charge is 0.465 e. The number of hydrogen-bond donors (Lipinski definition) is 2. The van der Waals surface area contributed by atoms with Crippen molar-refractivity contribution in [1.29, 1.82) is 0 Å². The molecule has 150 valence electrons. The van der Waals surface area contributed by atoms with Crippen LogP contribution in [0.1, 0.15) is 64.0 Å². The average molecular weight is 436 g/mol. The van der Waals surface area contributed by atoms with Crippen LogP contribution in [-0.4, -0.2) is 23.2 Å². The zero-order valence-electron chi connectivity index (χ0n) is 16.2. The normalized spacial score (nSPS) is 18.6. The van der Waals surface area contributed by atoms with Crippen molar-refractivity contribution in [3.8, 4) is 0 Å². The number of carbonyl (C=O) groups excluding carboxylic acids is 1. The van der Waals surface area contributed by atoms with Gasteiger partial charge in [0.15, 0.2) is 10.2 Å². The lowest BCUT2D eigenvalue weighted by Gasteiger charge is -2.15. The summed E-state index contributed by atoms with van der Waals surface area (Å²) in [6, 6.07) is 0. The van der Waals surface area contributed by atoms with Gasteiger partial charge in [-0.1, -0.05) is 13.3 Å². The fourth-order valence-corrected chi connectivity index (χ4v) is 6.76. The molecule has 2 N–H and O–H groups in total. The number of ether oxygens (including phenoxy) is 1. The van der Waals surface area contributed by atoms with E-state index in [0.29, 0.717) is 10.7 Å². The van der Waals surface area contributed by atoms with Crippen molar-refractivity contribution in [2.75, 3.05) is 17.7 Å². The number of aromatic nitrogens is 1. The Bertz CT molecular complexity index is 903. The second-order valence-corrected chi connectivity index (χ2v) is 10.2. The van der Waals surface area contributed by atoms with Crippen LogP contribution < -0.4 is 10.6 Å². The molecule has 5 nitrogen and oxygen atoms in total. The molecule has 1 unspecified atom stereocenters. The number of thiazole rings is 1. The van der Waals surface area contributed by atoms with Crippen LogP contribution in [0, 0.1) is 5.92 Å². The van der Waals surface area contributed by atoms with Crippen LogP contribution in [0.15, 0.2) is 0 Å². The summed E-state index contributed by atoms with van der Waals surface area (Å²) in [7, 11) is 1.44. The molecule has 2 aliphatic rings. The standard InChI is InChI=1S/C20H25N3O2S3/c1-11-8-9-13-15(10-11)28-20(21-13)23-19(26)22-17-16(18(24)25-2)12-6-4-3-5-7-14(12)27-17/h11H,3-10H2,1-2H3,(H2,21,22,23,26). The minimum absolute atomic E-state index is 0.289. The van der Waals surface area contributed by atoms with Crippen molar-refractivity contribution in [2.24, 2.45) is 5.92 Å². The van der Waals surface area contributed by atoms with Gasteiger partial charge < -0.3 is 15.4 Å². The van der Waals surface area contributed by atoms with Gasteiger partial charge in [0, 0.05) is 9.75 Å². The van der Waals surface area contributed by atoms with Gasteiger partial charge in [-0.2, -0.15) is 0 Å². The molecule has 0 saturated heterocycles. The van der Waals surface area contributed by atoms with E-state index in [1.165, 1.54) is 41.8 Å². The molecule has 2 aromatic rings. The molecule has 0 amide bonds.